The third-order valence-corrected chi connectivity index (χ3v) is 7.05. The second kappa shape index (κ2) is 13.4. The van der Waals surface area contributed by atoms with Gasteiger partial charge >= 0.3 is 11.6 Å². The average Bonchev–Trinajstić information content (AvgIpc) is 3.62. The summed E-state index contributed by atoms with van der Waals surface area (Å²) in [4.78, 5) is 23.7. The second-order valence-corrected chi connectivity index (χ2v) is 10.6. The Morgan fingerprint density at radius 2 is 1.75 bits per heavy atom. The highest BCUT2D eigenvalue weighted by Gasteiger charge is 2.21. The number of furan rings is 1. The van der Waals surface area contributed by atoms with Gasteiger partial charge in [0.25, 0.3) is 0 Å². The fourth-order valence-electron chi connectivity index (χ4n) is 4.47. The number of aromatic nitrogens is 1. The monoisotopic (exact) mass is 660 g/mol. The molecule has 2 aromatic heterocycles. The lowest BCUT2D eigenvalue weighted by molar-refractivity contribution is -0.386. The van der Waals surface area contributed by atoms with Gasteiger partial charge in [0.15, 0.2) is 5.76 Å². The molecule has 224 valence electrons. The standard InChI is InChI=1S/C32H26BrFN4O6/c1-20-7-8-21(2)37(20)25-9-11-26(12-10-25)42-19-27-13-14-30(44-27)32(39)36-35-17-23-15-24(33)16-29(38(40)41)31(23)43-18-22-5-3-4-6-28(22)34/h3-17H,18-19H2,1-2H3,(H,36,39)/b35-17+. The van der Waals surface area contributed by atoms with Crippen molar-refractivity contribution in [2.45, 2.75) is 27.1 Å². The number of hydrogen-bond donors (Lipinski definition) is 1. The molecular formula is C32H26BrFN4O6. The number of hydrogen-bond acceptors (Lipinski definition) is 7. The molecule has 0 aliphatic heterocycles. The van der Waals surface area contributed by atoms with Gasteiger partial charge in [-0.3, -0.25) is 14.9 Å². The van der Waals surface area contributed by atoms with E-state index in [1.165, 1.54) is 42.6 Å². The molecule has 44 heavy (non-hydrogen) atoms. The van der Waals surface area contributed by atoms with Gasteiger partial charge in [-0.15, -0.1) is 0 Å². The van der Waals surface area contributed by atoms with Crippen LogP contribution in [0.5, 0.6) is 11.5 Å². The number of nitrogens with one attached hydrogen (secondary N) is 1. The smallest absolute Gasteiger partial charge is 0.312 e. The van der Waals surface area contributed by atoms with Crippen molar-refractivity contribution in [3.8, 4) is 17.2 Å². The molecule has 0 saturated carbocycles. The van der Waals surface area contributed by atoms with Crippen molar-refractivity contribution >= 4 is 33.7 Å². The van der Waals surface area contributed by atoms with E-state index < -0.39 is 16.6 Å². The van der Waals surface area contributed by atoms with Crippen LogP contribution in [0.1, 0.15) is 38.8 Å². The lowest BCUT2D eigenvalue weighted by Crippen LogP contribution is -2.17. The summed E-state index contributed by atoms with van der Waals surface area (Å²) in [6.45, 7) is 3.93. The van der Waals surface area contributed by atoms with E-state index >= 15 is 0 Å². The average molecular weight is 661 g/mol. The summed E-state index contributed by atoms with van der Waals surface area (Å²) in [6, 6.07) is 23.6. The van der Waals surface area contributed by atoms with Gasteiger partial charge in [-0.2, -0.15) is 5.10 Å². The van der Waals surface area contributed by atoms with Crippen molar-refractivity contribution in [3.63, 3.8) is 0 Å². The van der Waals surface area contributed by atoms with E-state index in [2.05, 4.69) is 43.2 Å². The Hall–Kier alpha value is -5.23. The molecule has 3 aromatic carbocycles. The lowest BCUT2D eigenvalue weighted by Gasteiger charge is -2.11. The second-order valence-electron chi connectivity index (χ2n) is 9.68. The van der Waals surface area contributed by atoms with Gasteiger partial charge in [0.2, 0.25) is 5.75 Å². The van der Waals surface area contributed by atoms with Crippen LogP contribution < -0.4 is 14.9 Å². The zero-order chi connectivity index (χ0) is 31.2. The lowest BCUT2D eigenvalue weighted by atomic mass is 10.2. The zero-order valence-corrected chi connectivity index (χ0v) is 25.2. The maximum absolute atomic E-state index is 14.1. The van der Waals surface area contributed by atoms with E-state index in [4.69, 9.17) is 13.9 Å². The molecule has 1 amide bonds. The van der Waals surface area contributed by atoms with Crippen LogP contribution >= 0.6 is 15.9 Å². The van der Waals surface area contributed by atoms with Crippen LogP contribution in [0.3, 0.4) is 0 Å². The largest absolute Gasteiger partial charge is 0.486 e. The number of nitro groups is 1. The Kier molecular flexibility index (Phi) is 9.20. The molecule has 1 N–H and O–H groups in total. The summed E-state index contributed by atoms with van der Waals surface area (Å²) >= 11 is 3.24. The number of halogens is 2. The normalized spacial score (nSPS) is 11.1. The molecule has 10 nitrogen and oxygen atoms in total. The Balaban J connectivity index is 1.22. The summed E-state index contributed by atoms with van der Waals surface area (Å²) in [7, 11) is 0. The van der Waals surface area contributed by atoms with E-state index in [0.717, 1.165) is 17.1 Å². The minimum Gasteiger partial charge on any atom is -0.486 e. The number of amides is 1. The number of ether oxygens (including phenoxy) is 2. The minimum absolute atomic E-state index is 0.00842. The SMILES string of the molecule is Cc1ccc(C)n1-c1ccc(OCc2ccc(C(=O)N/N=C/c3cc(Br)cc([N+](=O)[O-])c3OCc3ccccc3F)o2)cc1. The Bertz CT molecular complexity index is 1830. The molecule has 12 heteroatoms. The first-order valence-electron chi connectivity index (χ1n) is 13.3. The van der Waals surface area contributed by atoms with Gasteiger partial charge in [0, 0.05) is 38.7 Å². The molecule has 0 aliphatic carbocycles. The Morgan fingerprint density at radius 3 is 2.45 bits per heavy atom. The maximum Gasteiger partial charge on any atom is 0.312 e. The number of benzene rings is 3. The first-order valence-corrected chi connectivity index (χ1v) is 14.1. The first-order chi connectivity index (χ1) is 21.2. The van der Waals surface area contributed by atoms with Crippen molar-refractivity contribution in [1.82, 2.24) is 9.99 Å². The number of nitrogens with zero attached hydrogens (tertiary/aromatic N) is 3. The van der Waals surface area contributed by atoms with Crippen molar-refractivity contribution in [2.75, 3.05) is 0 Å². The van der Waals surface area contributed by atoms with Gasteiger partial charge in [-0.25, -0.2) is 9.82 Å². The van der Waals surface area contributed by atoms with Crippen LogP contribution in [-0.4, -0.2) is 21.6 Å². The molecule has 0 aliphatic rings. The van der Waals surface area contributed by atoms with Gasteiger partial charge in [0.05, 0.1) is 11.1 Å². The molecule has 0 atom stereocenters. The molecule has 0 bridgehead atoms. The van der Waals surface area contributed by atoms with Crippen molar-refractivity contribution in [1.29, 1.82) is 0 Å². The minimum atomic E-state index is -0.646. The summed E-state index contributed by atoms with van der Waals surface area (Å²) in [6.07, 6.45) is 1.19. The van der Waals surface area contributed by atoms with E-state index in [9.17, 15) is 19.3 Å². The summed E-state index contributed by atoms with van der Waals surface area (Å²) in [5, 5.41) is 15.6. The van der Waals surface area contributed by atoms with E-state index in [1.807, 2.05) is 38.1 Å². The molecule has 2 heterocycles. The molecule has 0 unspecified atom stereocenters. The molecule has 5 rings (SSSR count). The number of carbonyl (C=O) groups excluding carboxylic acids is 1. The van der Waals surface area contributed by atoms with Crippen molar-refractivity contribution in [2.24, 2.45) is 5.10 Å². The predicted molar refractivity (Wildman–Crippen MR) is 165 cm³/mol. The molecule has 0 spiro atoms. The summed E-state index contributed by atoms with van der Waals surface area (Å²) < 4.78 is 33.7. The van der Waals surface area contributed by atoms with Crippen LogP contribution in [0.25, 0.3) is 5.69 Å². The van der Waals surface area contributed by atoms with Gasteiger partial charge < -0.3 is 18.5 Å². The molecule has 0 saturated heterocycles. The number of carbonyl (C=O) groups is 1. The van der Waals surface area contributed by atoms with Crippen LogP contribution in [0.4, 0.5) is 10.1 Å². The van der Waals surface area contributed by atoms with Gasteiger partial charge in [0.1, 0.15) is 30.5 Å². The Labute approximate surface area is 260 Å². The number of nitro benzene ring substituents is 1. The quantitative estimate of drug-likeness (QED) is 0.0894. The van der Waals surface area contributed by atoms with E-state index in [1.54, 1.807) is 12.1 Å². The third kappa shape index (κ3) is 7.04. The van der Waals surface area contributed by atoms with Crippen molar-refractivity contribution < 1.29 is 28.0 Å². The Morgan fingerprint density at radius 1 is 1.02 bits per heavy atom. The number of hydrazone groups is 1. The first kappa shape index (κ1) is 30.2. The van der Waals surface area contributed by atoms with Crippen LogP contribution in [0, 0.1) is 29.8 Å². The van der Waals surface area contributed by atoms with Gasteiger partial charge in [-0.05, 0) is 74.5 Å². The number of rotatable bonds is 11. The predicted octanol–water partition coefficient (Wildman–Crippen LogP) is 7.42. The summed E-state index contributed by atoms with van der Waals surface area (Å²) in [5.41, 5.74) is 5.67. The molecule has 5 aromatic rings. The fraction of sp³-hybridized carbons (Fsp3) is 0.125. The highest BCUT2D eigenvalue weighted by molar-refractivity contribution is 9.10. The highest BCUT2D eigenvalue weighted by Crippen LogP contribution is 2.34. The van der Waals surface area contributed by atoms with Crippen molar-refractivity contribution in [3.05, 3.63) is 139 Å². The summed E-state index contributed by atoms with van der Waals surface area (Å²) in [5.74, 6) is -0.234. The van der Waals surface area contributed by atoms with Crippen LogP contribution in [0.2, 0.25) is 0 Å². The van der Waals surface area contributed by atoms with Crippen LogP contribution in [0.15, 0.2) is 98.9 Å². The third-order valence-electron chi connectivity index (χ3n) is 6.59. The highest BCUT2D eigenvalue weighted by atomic mass is 79.9. The molecule has 0 fully saturated rings. The zero-order valence-electron chi connectivity index (χ0n) is 23.6. The maximum atomic E-state index is 14.1. The van der Waals surface area contributed by atoms with E-state index in [-0.39, 0.29) is 41.5 Å². The number of aryl methyl sites for hydroxylation is 2. The fourth-order valence-corrected chi connectivity index (χ4v) is 4.93. The topological polar surface area (TPSA) is 121 Å². The molecular weight excluding hydrogens is 635 g/mol. The van der Waals surface area contributed by atoms with E-state index in [0.29, 0.717) is 16.0 Å². The van der Waals surface area contributed by atoms with Gasteiger partial charge in [-0.1, -0.05) is 34.1 Å². The van der Waals surface area contributed by atoms with Crippen LogP contribution in [-0.2, 0) is 13.2 Å². The molecule has 0 radical (unpaired) electrons.